The summed E-state index contributed by atoms with van der Waals surface area (Å²) in [6.45, 7) is 0.0301. The molecule has 1 aliphatic heterocycles. The Morgan fingerprint density at radius 2 is 2.30 bits per heavy atom. The molecule has 0 radical (unpaired) electrons. The van der Waals surface area contributed by atoms with E-state index >= 15 is 0 Å². The summed E-state index contributed by atoms with van der Waals surface area (Å²) in [5.41, 5.74) is 0. The minimum Gasteiger partial charge on any atom is -0.496 e. The number of hydrogen-bond acceptors (Lipinski definition) is 3. The maximum absolute atomic E-state index is 10.6. The Labute approximate surface area is 63.4 Å². The lowest BCUT2D eigenvalue weighted by Gasteiger charge is -2.05. The molecule has 0 aromatic heterocycles. The van der Waals surface area contributed by atoms with Gasteiger partial charge in [-0.2, -0.15) is 0 Å². The fraction of sp³-hybridized carbons (Fsp3) is 0.200. The first-order valence-electron chi connectivity index (χ1n) is 2.53. The first-order chi connectivity index (χ1) is 4.61. The fourth-order valence-corrected chi connectivity index (χ4v) is 1.27. The van der Waals surface area contributed by atoms with Gasteiger partial charge in [-0.25, -0.2) is 8.42 Å². The van der Waals surface area contributed by atoms with Gasteiger partial charge in [0.1, 0.15) is 6.61 Å². The van der Waals surface area contributed by atoms with E-state index in [1.807, 2.05) is 0 Å². The molecule has 0 bridgehead atoms. The average Bonchev–Trinajstić information content (AvgIpc) is 1.88. The minimum atomic E-state index is -3.57. The molecular weight excluding hydrogens is 176 g/mol. The zero-order valence-electron chi connectivity index (χ0n) is 4.95. The predicted molar refractivity (Wildman–Crippen MR) is 37.9 cm³/mol. The molecule has 0 aromatic carbocycles. The van der Waals surface area contributed by atoms with E-state index in [1.165, 1.54) is 18.4 Å². The molecule has 1 aliphatic rings. The van der Waals surface area contributed by atoms with E-state index in [0.717, 1.165) is 0 Å². The summed E-state index contributed by atoms with van der Waals surface area (Å²) in [5.74, 6) is 0. The van der Waals surface area contributed by atoms with Crippen LogP contribution in [-0.4, -0.2) is 15.0 Å². The molecule has 0 saturated carbocycles. The van der Waals surface area contributed by atoms with Crippen LogP contribution in [0.2, 0.25) is 0 Å². The molecule has 0 spiro atoms. The van der Waals surface area contributed by atoms with E-state index in [-0.39, 0.29) is 11.5 Å². The van der Waals surface area contributed by atoms with E-state index in [2.05, 4.69) is 0 Å². The molecule has 56 valence electrons. The van der Waals surface area contributed by atoms with Crippen molar-refractivity contribution in [1.82, 2.24) is 0 Å². The van der Waals surface area contributed by atoms with Gasteiger partial charge in [-0.05, 0) is 12.2 Å². The molecular formula is C5H5ClO3S. The Morgan fingerprint density at radius 3 is 2.60 bits per heavy atom. The molecule has 0 saturated heterocycles. The van der Waals surface area contributed by atoms with Crippen LogP contribution in [0.5, 0.6) is 0 Å². The summed E-state index contributed by atoms with van der Waals surface area (Å²) in [7, 11) is 1.43. The molecule has 0 unspecified atom stereocenters. The molecule has 1 rings (SSSR count). The summed E-state index contributed by atoms with van der Waals surface area (Å²) in [6.07, 6.45) is 4.30. The van der Waals surface area contributed by atoms with Gasteiger partial charge in [-0.3, -0.25) is 0 Å². The molecule has 0 aromatic rings. The Hall–Kier alpha value is -0.480. The first kappa shape index (κ1) is 7.63. The Bertz CT molecular complexity index is 275. The lowest BCUT2D eigenvalue weighted by atomic mass is 10.4. The number of halogens is 1. The predicted octanol–water partition coefficient (Wildman–Crippen LogP) is 0.983. The van der Waals surface area contributed by atoms with Gasteiger partial charge in [0.05, 0.1) is 11.2 Å². The number of ether oxygens (including phenoxy) is 1. The van der Waals surface area contributed by atoms with Crippen molar-refractivity contribution in [2.45, 2.75) is 0 Å². The molecule has 0 aliphatic carbocycles. The van der Waals surface area contributed by atoms with Crippen molar-refractivity contribution in [1.29, 1.82) is 0 Å². The molecule has 10 heavy (non-hydrogen) atoms. The van der Waals surface area contributed by atoms with Gasteiger partial charge >= 0.3 is 0 Å². The van der Waals surface area contributed by atoms with Crippen molar-refractivity contribution >= 4 is 19.7 Å². The van der Waals surface area contributed by atoms with Crippen LogP contribution >= 0.6 is 10.7 Å². The van der Waals surface area contributed by atoms with Gasteiger partial charge in [0.25, 0.3) is 9.05 Å². The number of allylic oxidation sites excluding steroid dienone is 2. The van der Waals surface area contributed by atoms with Crippen molar-refractivity contribution in [3.05, 3.63) is 23.3 Å². The highest BCUT2D eigenvalue weighted by molar-refractivity contribution is 8.16. The van der Waals surface area contributed by atoms with Crippen molar-refractivity contribution in [2.24, 2.45) is 0 Å². The Kier molecular flexibility index (Phi) is 2.01. The third kappa shape index (κ3) is 1.75. The lowest BCUT2D eigenvalue weighted by molar-refractivity contribution is 0.282. The van der Waals surface area contributed by atoms with Gasteiger partial charge in [-0.15, -0.1) is 0 Å². The van der Waals surface area contributed by atoms with Gasteiger partial charge in [0.15, 0.2) is 0 Å². The highest BCUT2D eigenvalue weighted by Crippen LogP contribution is 2.14. The zero-order chi connectivity index (χ0) is 7.61. The highest BCUT2D eigenvalue weighted by atomic mass is 35.7. The second kappa shape index (κ2) is 2.64. The lowest BCUT2D eigenvalue weighted by Crippen LogP contribution is -2.03. The van der Waals surface area contributed by atoms with Crippen molar-refractivity contribution in [2.75, 3.05) is 6.61 Å². The van der Waals surface area contributed by atoms with Gasteiger partial charge in [-0.1, -0.05) is 0 Å². The van der Waals surface area contributed by atoms with Crippen LogP contribution in [0.4, 0.5) is 0 Å². The second-order valence-electron chi connectivity index (χ2n) is 1.71. The van der Waals surface area contributed by atoms with Gasteiger partial charge < -0.3 is 4.74 Å². The molecule has 0 N–H and O–H groups in total. The monoisotopic (exact) mass is 180 g/mol. The van der Waals surface area contributed by atoms with E-state index in [9.17, 15) is 8.42 Å². The van der Waals surface area contributed by atoms with Gasteiger partial charge in [0.2, 0.25) is 0 Å². The topological polar surface area (TPSA) is 43.4 Å². The number of rotatable bonds is 1. The summed E-state index contributed by atoms with van der Waals surface area (Å²) in [6, 6.07) is 0. The molecule has 0 amide bonds. The van der Waals surface area contributed by atoms with Crippen LogP contribution in [0.1, 0.15) is 0 Å². The van der Waals surface area contributed by atoms with Crippen LogP contribution in [0, 0.1) is 0 Å². The third-order valence-corrected chi connectivity index (χ3v) is 2.47. The van der Waals surface area contributed by atoms with E-state index in [0.29, 0.717) is 0 Å². The van der Waals surface area contributed by atoms with Crippen LogP contribution in [0.15, 0.2) is 23.3 Å². The molecule has 3 nitrogen and oxygen atoms in total. The maximum Gasteiger partial charge on any atom is 0.260 e. The SMILES string of the molecule is O=S(=O)(Cl)C1=CC=COC1. The molecule has 5 heteroatoms. The fourth-order valence-electron chi connectivity index (χ4n) is 0.532. The Balaban J connectivity index is 2.93. The third-order valence-electron chi connectivity index (χ3n) is 0.996. The van der Waals surface area contributed by atoms with Crippen LogP contribution in [0.25, 0.3) is 0 Å². The first-order valence-corrected chi connectivity index (χ1v) is 4.83. The number of hydrogen-bond donors (Lipinski definition) is 0. The quantitative estimate of drug-likeness (QED) is 0.565. The maximum atomic E-state index is 10.6. The molecule has 0 atom stereocenters. The van der Waals surface area contributed by atoms with E-state index in [1.54, 1.807) is 0 Å². The van der Waals surface area contributed by atoms with Crippen molar-refractivity contribution < 1.29 is 13.2 Å². The standard InChI is InChI=1S/C5H5ClO3S/c6-10(7,8)5-2-1-3-9-4-5/h1-3H,4H2. The minimum absolute atomic E-state index is 0.0301. The normalized spacial score (nSPS) is 17.9. The van der Waals surface area contributed by atoms with Crippen LogP contribution in [0.3, 0.4) is 0 Å². The highest BCUT2D eigenvalue weighted by Gasteiger charge is 2.14. The van der Waals surface area contributed by atoms with Crippen molar-refractivity contribution in [3.8, 4) is 0 Å². The summed E-state index contributed by atoms with van der Waals surface area (Å²) in [5, 5.41) is 0. The van der Waals surface area contributed by atoms with Crippen LogP contribution in [-0.2, 0) is 13.8 Å². The van der Waals surface area contributed by atoms with Crippen molar-refractivity contribution in [3.63, 3.8) is 0 Å². The zero-order valence-corrected chi connectivity index (χ0v) is 6.52. The van der Waals surface area contributed by atoms with E-state index < -0.39 is 9.05 Å². The summed E-state index contributed by atoms with van der Waals surface area (Å²) >= 11 is 0. The largest absolute Gasteiger partial charge is 0.496 e. The van der Waals surface area contributed by atoms with Gasteiger partial charge in [0, 0.05) is 10.7 Å². The summed E-state index contributed by atoms with van der Waals surface area (Å²) in [4.78, 5) is 0.0941. The summed E-state index contributed by atoms with van der Waals surface area (Å²) < 4.78 is 25.8. The Morgan fingerprint density at radius 1 is 1.60 bits per heavy atom. The molecule has 1 heterocycles. The average molecular weight is 181 g/mol. The van der Waals surface area contributed by atoms with Crippen LogP contribution < -0.4 is 0 Å². The molecule has 0 fully saturated rings. The van der Waals surface area contributed by atoms with E-state index in [4.69, 9.17) is 15.4 Å². The second-order valence-corrected chi connectivity index (χ2v) is 4.33. The smallest absolute Gasteiger partial charge is 0.260 e.